The molecule has 0 bridgehead atoms. The SMILES string of the molecule is CC[NH+](CC(=O)Nc1ccccc1)Cc1nc2ccccc2c(=O)[nH]1. The number of nitrogens with one attached hydrogen (secondary N) is 3. The number of aromatic amines is 1. The Kier molecular flexibility index (Phi) is 5.20. The van der Waals surface area contributed by atoms with E-state index >= 15 is 0 Å². The molecule has 6 nitrogen and oxygen atoms in total. The third kappa shape index (κ3) is 4.30. The topological polar surface area (TPSA) is 79.3 Å². The van der Waals surface area contributed by atoms with Crippen LogP contribution in [0.15, 0.2) is 59.4 Å². The molecule has 6 heteroatoms. The van der Waals surface area contributed by atoms with Crippen molar-refractivity contribution in [3.63, 3.8) is 0 Å². The molecule has 0 aliphatic heterocycles. The van der Waals surface area contributed by atoms with E-state index in [0.717, 1.165) is 17.1 Å². The first-order chi connectivity index (χ1) is 12.2. The number of para-hydroxylation sites is 2. The summed E-state index contributed by atoms with van der Waals surface area (Å²) in [6.07, 6.45) is 0. The zero-order chi connectivity index (χ0) is 17.6. The van der Waals surface area contributed by atoms with E-state index in [1.54, 1.807) is 6.07 Å². The van der Waals surface area contributed by atoms with E-state index in [1.165, 1.54) is 0 Å². The average Bonchev–Trinajstić information content (AvgIpc) is 2.62. The zero-order valence-corrected chi connectivity index (χ0v) is 14.1. The highest BCUT2D eigenvalue weighted by atomic mass is 16.2. The van der Waals surface area contributed by atoms with E-state index in [9.17, 15) is 9.59 Å². The van der Waals surface area contributed by atoms with Gasteiger partial charge in [-0.25, -0.2) is 4.98 Å². The van der Waals surface area contributed by atoms with E-state index in [0.29, 0.717) is 29.8 Å². The molecular weight excluding hydrogens is 316 g/mol. The molecule has 1 amide bonds. The van der Waals surface area contributed by atoms with E-state index in [4.69, 9.17) is 0 Å². The van der Waals surface area contributed by atoms with Crippen molar-refractivity contribution in [2.45, 2.75) is 13.5 Å². The summed E-state index contributed by atoms with van der Waals surface area (Å²) in [5, 5.41) is 3.46. The van der Waals surface area contributed by atoms with Crippen molar-refractivity contribution in [3.8, 4) is 0 Å². The molecule has 0 fully saturated rings. The third-order valence-electron chi connectivity index (χ3n) is 4.05. The summed E-state index contributed by atoms with van der Waals surface area (Å²) in [4.78, 5) is 32.7. The van der Waals surface area contributed by atoms with Crippen LogP contribution >= 0.6 is 0 Å². The fourth-order valence-corrected chi connectivity index (χ4v) is 2.72. The number of rotatable bonds is 6. The first-order valence-electron chi connectivity index (χ1n) is 8.32. The van der Waals surface area contributed by atoms with E-state index in [2.05, 4.69) is 15.3 Å². The lowest BCUT2D eigenvalue weighted by molar-refractivity contribution is -0.904. The van der Waals surface area contributed by atoms with Gasteiger partial charge in [-0.2, -0.15) is 0 Å². The smallest absolute Gasteiger partial charge is 0.279 e. The third-order valence-corrected chi connectivity index (χ3v) is 4.05. The molecule has 1 atom stereocenters. The second-order valence-electron chi connectivity index (χ2n) is 5.90. The fraction of sp³-hybridized carbons (Fsp3) is 0.211. The predicted molar refractivity (Wildman–Crippen MR) is 97.5 cm³/mol. The van der Waals surface area contributed by atoms with Gasteiger partial charge in [0.2, 0.25) is 0 Å². The van der Waals surface area contributed by atoms with Gasteiger partial charge in [-0.3, -0.25) is 9.59 Å². The molecule has 0 aliphatic carbocycles. The van der Waals surface area contributed by atoms with Crippen molar-refractivity contribution in [2.24, 2.45) is 0 Å². The summed E-state index contributed by atoms with van der Waals surface area (Å²) in [6.45, 7) is 3.55. The highest BCUT2D eigenvalue weighted by molar-refractivity contribution is 5.91. The maximum atomic E-state index is 12.2. The maximum Gasteiger partial charge on any atom is 0.279 e. The van der Waals surface area contributed by atoms with Crippen molar-refractivity contribution >= 4 is 22.5 Å². The summed E-state index contributed by atoms with van der Waals surface area (Å²) >= 11 is 0. The van der Waals surface area contributed by atoms with Crippen molar-refractivity contribution in [1.82, 2.24) is 9.97 Å². The van der Waals surface area contributed by atoms with Crippen LogP contribution in [-0.2, 0) is 11.3 Å². The quantitative estimate of drug-likeness (QED) is 0.627. The molecular formula is C19H21N4O2+. The molecule has 1 aromatic heterocycles. The van der Waals surface area contributed by atoms with Crippen molar-refractivity contribution in [3.05, 3.63) is 70.8 Å². The number of quaternary nitrogens is 1. The Bertz CT molecular complexity index is 921. The Morgan fingerprint density at radius 3 is 2.60 bits per heavy atom. The first kappa shape index (κ1) is 16.9. The molecule has 128 valence electrons. The van der Waals surface area contributed by atoms with Gasteiger partial charge in [-0.05, 0) is 31.2 Å². The van der Waals surface area contributed by atoms with Gasteiger partial charge >= 0.3 is 0 Å². The summed E-state index contributed by atoms with van der Waals surface area (Å²) in [5.74, 6) is 0.527. The summed E-state index contributed by atoms with van der Waals surface area (Å²) < 4.78 is 0. The van der Waals surface area contributed by atoms with Gasteiger partial charge in [-0.15, -0.1) is 0 Å². The number of fused-ring (bicyclic) bond motifs is 1. The fourth-order valence-electron chi connectivity index (χ4n) is 2.72. The number of nitrogens with zero attached hydrogens (tertiary/aromatic N) is 1. The lowest BCUT2D eigenvalue weighted by Crippen LogP contribution is -3.11. The molecule has 1 unspecified atom stereocenters. The Balaban J connectivity index is 1.70. The van der Waals surface area contributed by atoms with Crippen molar-refractivity contribution < 1.29 is 9.69 Å². The molecule has 0 aliphatic rings. The molecule has 3 rings (SSSR count). The number of anilines is 1. The van der Waals surface area contributed by atoms with Crippen LogP contribution < -0.4 is 15.8 Å². The summed E-state index contributed by atoms with van der Waals surface area (Å²) in [5.41, 5.74) is 1.30. The lowest BCUT2D eigenvalue weighted by Gasteiger charge is -2.16. The number of likely N-dealkylation sites (N-methyl/N-ethyl adjacent to an activating group) is 1. The number of hydrogen-bond acceptors (Lipinski definition) is 3. The number of carbonyl (C=O) groups excluding carboxylic acids is 1. The van der Waals surface area contributed by atoms with Crippen LogP contribution in [-0.4, -0.2) is 29.0 Å². The Morgan fingerprint density at radius 1 is 1.12 bits per heavy atom. The van der Waals surface area contributed by atoms with Gasteiger partial charge in [0.15, 0.2) is 12.4 Å². The van der Waals surface area contributed by atoms with Gasteiger partial charge in [-0.1, -0.05) is 30.3 Å². The van der Waals surface area contributed by atoms with Crippen LogP contribution in [0.4, 0.5) is 5.69 Å². The van der Waals surface area contributed by atoms with Crippen molar-refractivity contribution in [2.75, 3.05) is 18.4 Å². The van der Waals surface area contributed by atoms with E-state index in [1.807, 2.05) is 55.5 Å². The minimum absolute atomic E-state index is 0.0637. The molecule has 2 aromatic carbocycles. The number of hydrogen-bond donors (Lipinski definition) is 3. The monoisotopic (exact) mass is 337 g/mol. The van der Waals surface area contributed by atoms with Gasteiger partial charge in [0.05, 0.1) is 17.4 Å². The van der Waals surface area contributed by atoms with Gasteiger partial charge in [0, 0.05) is 5.69 Å². The van der Waals surface area contributed by atoms with Gasteiger partial charge in [0.25, 0.3) is 11.5 Å². The molecule has 0 saturated heterocycles. The Labute approximate surface area is 145 Å². The van der Waals surface area contributed by atoms with Gasteiger partial charge in [0.1, 0.15) is 6.54 Å². The number of H-pyrrole nitrogens is 1. The molecule has 3 aromatic rings. The molecule has 0 spiro atoms. The van der Waals surface area contributed by atoms with E-state index < -0.39 is 0 Å². The number of benzene rings is 2. The number of aromatic nitrogens is 2. The molecule has 1 heterocycles. The van der Waals surface area contributed by atoms with Crippen LogP contribution in [0.5, 0.6) is 0 Å². The normalized spacial score (nSPS) is 12.0. The highest BCUT2D eigenvalue weighted by Crippen LogP contribution is 2.05. The zero-order valence-electron chi connectivity index (χ0n) is 14.1. The number of carbonyl (C=O) groups is 1. The minimum Gasteiger partial charge on any atom is -0.321 e. The molecule has 25 heavy (non-hydrogen) atoms. The lowest BCUT2D eigenvalue weighted by atomic mass is 10.2. The van der Waals surface area contributed by atoms with Gasteiger partial charge < -0.3 is 15.2 Å². The van der Waals surface area contributed by atoms with Crippen LogP contribution in [0, 0.1) is 0 Å². The largest absolute Gasteiger partial charge is 0.321 e. The summed E-state index contributed by atoms with van der Waals surface area (Å²) in [6, 6.07) is 16.6. The Morgan fingerprint density at radius 2 is 1.84 bits per heavy atom. The standard InChI is InChI=1S/C19H20N4O2/c1-2-23(13-18(24)20-14-8-4-3-5-9-14)12-17-21-16-11-7-6-10-15(16)19(25)22-17/h3-11H,2,12-13H2,1H3,(H,20,24)(H,21,22,25)/p+1. The van der Waals surface area contributed by atoms with Crippen LogP contribution in [0.3, 0.4) is 0 Å². The predicted octanol–water partition coefficient (Wildman–Crippen LogP) is 0.967. The maximum absolute atomic E-state index is 12.2. The summed E-state index contributed by atoms with van der Waals surface area (Å²) in [7, 11) is 0. The second-order valence-corrected chi connectivity index (χ2v) is 5.90. The van der Waals surface area contributed by atoms with Crippen LogP contribution in [0.2, 0.25) is 0 Å². The minimum atomic E-state index is -0.148. The average molecular weight is 337 g/mol. The van der Waals surface area contributed by atoms with Crippen molar-refractivity contribution in [1.29, 1.82) is 0 Å². The van der Waals surface area contributed by atoms with Crippen LogP contribution in [0.1, 0.15) is 12.7 Å². The molecule has 0 radical (unpaired) electrons. The molecule has 3 N–H and O–H groups in total. The number of amides is 1. The second kappa shape index (κ2) is 7.72. The van der Waals surface area contributed by atoms with E-state index in [-0.39, 0.29) is 11.5 Å². The highest BCUT2D eigenvalue weighted by Gasteiger charge is 2.15. The molecule has 0 saturated carbocycles. The Hall–Kier alpha value is -2.99. The first-order valence-corrected chi connectivity index (χ1v) is 8.32. The van der Waals surface area contributed by atoms with Crippen LogP contribution in [0.25, 0.3) is 10.9 Å².